The third-order valence-electron chi connectivity index (χ3n) is 4.23. The van der Waals surface area contributed by atoms with Crippen LogP contribution in [0.5, 0.6) is 0 Å². The maximum absolute atomic E-state index is 12.5. The van der Waals surface area contributed by atoms with Crippen LogP contribution in [0.25, 0.3) is 0 Å². The molecule has 1 saturated carbocycles. The van der Waals surface area contributed by atoms with Crippen LogP contribution < -0.4 is 5.73 Å². The predicted molar refractivity (Wildman–Crippen MR) is 65.3 cm³/mol. The van der Waals surface area contributed by atoms with Crippen LogP contribution in [0, 0.1) is 11.8 Å². The van der Waals surface area contributed by atoms with Crippen molar-refractivity contribution in [2.45, 2.75) is 32.4 Å². The van der Waals surface area contributed by atoms with Crippen molar-refractivity contribution in [2.24, 2.45) is 17.6 Å². The van der Waals surface area contributed by atoms with Crippen molar-refractivity contribution in [3.8, 4) is 0 Å². The van der Waals surface area contributed by atoms with Crippen molar-refractivity contribution in [3.63, 3.8) is 0 Å². The molecule has 3 rings (SSSR count). The van der Waals surface area contributed by atoms with Gasteiger partial charge in [-0.1, -0.05) is 6.42 Å². The van der Waals surface area contributed by atoms with Crippen molar-refractivity contribution in [1.29, 1.82) is 0 Å². The first-order valence-corrected chi connectivity index (χ1v) is 6.65. The van der Waals surface area contributed by atoms with Gasteiger partial charge in [-0.05, 0) is 25.3 Å². The summed E-state index contributed by atoms with van der Waals surface area (Å²) in [4.78, 5) is 14.4. The van der Waals surface area contributed by atoms with E-state index in [0.717, 1.165) is 38.2 Å². The van der Waals surface area contributed by atoms with Crippen molar-refractivity contribution >= 4 is 5.91 Å². The van der Waals surface area contributed by atoms with E-state index in [2.05, 4.69) is 10.2 Å². The highest BCUT2D eigenvalue weighted by atomic mass is 16.2. The summed E-state index contributed by atoms with van der Waals surface area (Å²) in [5.74, 6) is 1.65. The normalized spacial score (nSPS) is 27.3. The van der Waals surface area contributed by atoms with Gasteiger partial charge in [0.05, 0.1) is 6.54 Å². The van der Waals surface area contributed by atoms with E-state index in [9.17, 15) is 4.79 Å². The Labute approximate surface area is 106 Å². The van der Waals surface area contributed by atoms with Crippen LogP contribution in [0.1, 0.15) is 25.1 Å². The fourth-order valence-corrected chi connectivity index (χ4v) is 3.13. The van der Waals surface area contributed by atoms with Crippen molar-refractivity contribution in [1.82, 2.24) is 19.7 Å². The molecule has 2 heterocycles. The second-order valence-electron chi connectivity index (χ2n) is 5.23. The van der Waals surface area contributed by atoms with Gasteiger partial charge in [-0.2, -0.15) is 0 Å². The number of aromatic nitrogens is 3. The topological polar surface area (TPSA) is 77.0 Å². The molecule has 1 aromatic rings. The molecule has 0 bridgehead atoms. The second-order valence-corrected chi connectivity index (χ2v) is 5.23. The number of carbonyl (C=O) groups is 1. The molecule has 2 atom stereocenters. The number of hydrogen-bond donors (Lipinski definition) is 1. The lowest BCUT2D eigenvalue weighted by molar-refractivity contribution is -0.138. The maximum atomic E-state index is 12.5. The van der Waals surface area contributed by atoms with Gasteiger partial charge in [0, 0.05) is 19.0 Å². The molecule has 1 aromatic heterocycles. The van der Waals surface area contributed by atoms with E-state index in [4.69, 9.17) is 5.73 Å². The average molecular weight is 249 g/mol. The zero-order valence-corrected chi connectivity index (χ0v) is 10.5. The number of nitrogens with zero attached hydrogens (tertiary/aromatic N) is 4. The van der Waals surface area contributed by atoms with Gasteiger partial charge < -0.3 is 15.2 Å². The Hall–Kier alpha value is -1.43. The average Bonchev–Trinajstić information content (AvgIpc) is 3.05. The minimum Gasteiger partial charge on any atom is -0.333 e. The molecule has 2 N–H and O–H groups in total. The van der Waals surface area contributed by atoms with Gasteiger partial charge in [0.25, 0.3) is 0 Å². The summed E-state index contributed by atoms with van der Waals surface area (Å²) in [6.07, 6.45) is 4.94. The van der Waals surface area contributed by atoms with Crippen molar-refractivity contribution < 1.29 is 4.79 Å². The third-order valence-corrected chi connectivity index (χ3v) is 4.23. The lowest BCUT2D eigenvalue weighted by atomic mass is 9.94. The maximum Gasteiger partial charge on any atom is 0.226 e. The fourth-order valence-electron chi connectivity index (χ4n) is 3.13. The van der Waals surface area contributed by atoms with Gasteiger partial charge >= 0.3 is 0 Å². The molecule has 1 aliphatic carbocycles. The standard InChI is InChI=1S/C12H19N5O/c13-6-9-2-1-3-10(9)12(18)16-4-5-17-8-14-15-11(17)7-16/h8-10H,1-7,13H2. The molecule has 0 radical (unpaired) electrons. The number of nitrogens with two attached hydrogens (primary N) is 1. The van der Waals surface area contributed by atoms with Gasteiger partial charge in [-0.3, -0.25) is 4.79 Å². The Morgan fingerprint density at radius 3 is 3.17 bits per heavy atom. The van der Waals surface area contributed by atoms with Crippen molar-refractivity contribution in [2.75, 3.05) is 13.1 Å². The molecule has 1 amide bonds. The van der Waals surface area contributed by atoms with E-state index in [-0.39, 0.29) is 11.8 Å². The van der Waals surface area contributed by atoms with Crippen LogP contribution in [-0.4, -0.2) is 38.7 Å². The fraction of sp³-hybridized carbons (Fsp3) is 0.750. The molecular weight excluding hydrogens is 230 g/mol. The molecule has 6 nitrogen and oxygen atoms in total. The zero-order chi connectivity index (χ0) is 12.5. The number of carbonyl (C=O) groups excluding carboxylic acids is 1. The molecule has 0 spiro atoms. The van der Waals surface area contributed by atoms with Crippen LogP contribution in [0.4, 0.5) is 0 Å². The van der Waals surface area contributed by atoms with E-state index in [1.807, 2.05) is 9.47 Å². The molecule has 6 heteroatoms. The zero-order valence-electron chi connectivity index (χ0n) is 10.5. The number of hydrogen-bond acceptors (Lipinski definition) is 4. The minimum atomic E-state index is 0.129. The first-order chi connectivity index (χ1) is 8.79. The lowest BCUT2D eigenvalue weighted by Gasteiger charge is -2.31. The molecule has 2 unspecified atom stereocenters. The van der Waals surface area contributed by atoms with E-state index in [0.29, 0.717) is 19.0 Å². The molecule has 0 aromatic carbocycles. The smallest absolute Gasteiger partial charge is 0.226 e. The highest BCUT2D eigenvalue weighted by molar-refractivity contribution is 5.79. The Morgan fingerprint density at radius 2 is 2.33 bits per heavy atom. The van der Waals surface area contributed by atoms with Gasteiger partial charge in [-0.25, -0.2) is 0 Å². The quantitative estimate of drug-likeness (QED) is 0.800. The summed E-state index contributed by atoms with van der Waals surface area (Å²) in [7, 11) is 0. The molecule has 0 saturated heterocycles. The predicted octanol–water partition coefficient (Wildman–Crippen LogP) is -0.00470. The van der Waals surface area contributed by atoms with Crippen LogP contribution in [0.3, 0.4) is 0 Å². The van der Waals surface area contributed by atoms with E-state index in [1.165, 1.54) is 0 Å². The van der Waals surface area contributed by atoms with Gasteiger partial charge in [0.2, 0.25) is 5.91 Å². The number of rotatable bonds is 2. The number of fused-ring (bicyclic) bond motifs is 1. The third kappa shape index (κ3) is 1.90. The first-order valence-electron chi connectivity index (χ1n) is 6.65. The van der Waals surface area contributed by atoms with E-state index in [1.54, 1.807) is 6.33 Å². The van der Waals surface area contributed by atoms with Crippen LogP contribution in [-0.2, 0) is 17.9 Å². The summed E-state index contributed by atoms with van der Waals surface area (Å²) in [5, 5.41) is 7.93. The van der Waals surface area contributed by atoms with Gasteiger partial charge in [-0.15, -0.1) is 10.2 Å². The van der Waals surface area contributed by atoms with Crippen LogP contribution in [0.2, 0.25) is 0 Å². The van der Waals surface area contributed by atoms with E-state index < -0.39 is 0 Å². The monoisotopic (exact) mass is 249 g/mol. The van der Waals surface area contributed by atoms with Crippen molar-refractivity contribution in [3.05, 3.63) is 12.2 Å². The first kappa shape index (κ1) is 11.6. The molecule has 1 aliphatic heterocycles. The van der Waals surface area contributed by atoms with Crippen LogP contribution in [0.15, 0.2) is 6.33 Å². The highest BCUT2D eigenvalue weighted by Gasteiger charge is 2.35. The molecular formula is C12H19N5O. The Balaban J connectivity index is 1.71. The summed E-state index contributed by atoms with van der Waals surface area (Å²) < 4.78 is 2.01. The Kier molecular flexibility index (Phi) is 3.03. The Bertz CT molecular complexity index is 443. The summed E-state index contributed by atoms with van der Waals surface area (Å²) in [5.41, 5.74) is 5.75. The molecule has 18 heavy (non-hydrogen) atoms. The minimum absolute atomic E-state index is 0.129. The number of amides is 1. The molecule has 98 valence electrons. The molecule has 2 aliphatic rings. The highest BCUT2D eigenvalue weighted by Crippen LogP contribution is 2.33. The summed E-state index contributed by atoms with van der Waals surface area (Å²) >= 11 is 0. The van der Waals surface area contributed by atoms with Crippen LogP contribution >= 0.6 is 0 Å². The Morgan fingerprint density at radius 1 is 1.44 bits per heavy atom. The van der Waals surface area contributed by atoms with Gasteiger partial charge in [0.15, 0.2) is 5.82 Å². The molecule has 1 fully saturated rings. The largest absolute Gasteiger partial charge is 0.333 e. The summed E-state index contributed by atoms with van der Waals surface area (Å²) in [6, 6.07) is 0. The lowest BCUT2D eigenvalue weighted by Crippen LogP contribution is -2.43. The summed E-state index contributed by atoms with van der Waals surface area (Å²) in [6.45, 7) is 2.78. The second kappa shape index (κ2) is 4.68. The SMILES string of the molecule is NCC1CCCC1C(=O)N1CCn2cnnc2C1. The van der Waals surface area contributed by atoms with Gasteiger partial charge in [0.1, 0.15) is 6.33 Å². The van der Waals surface area contributed by atoms with E-state index >= 15 is 0 Å².